The zero-order valence-electron chi connectivity index (χ0n) is 8.79. The Kier molecular flexibility index (Phi) is 7.79. The summed E-state index contributed by atoms with van der Waals surface area (Å²) >= 11 is 3.62. The number of ether oxygens (including phenoxy) is 1. The average molecular weight is 369 g/mol. The van der Waals surface area contributed by atoms with Gasteiger partial charge >= 0.3 is 34.5 Å². The molecule has 0 spiro atoms. The van der Waals surface area contributed by atoms with Gasteiger partial charge in [-0.05, 0) is 6.54 Å². The smallest absolute Gasteiger partial charge is 0.0593 e. The normalized spacial score (nSPS) is 16.7. The van der Waals surface area contributed by atoms with Crippen molar-refractivity contribution in [2.75, 3.05) is 26.3 Å². The SMILES string of the molecule is [Zn+][I].[c-]1cccc(CN2CCOCC2)c1. The van der Waals surface area contributed by atoms with Crippen molar-refractivity contribution in [3.8, 4) is 0 Å². The second-order valence-corrected chi connectivity index (χ2v) is 3.30. The number of halogens is 1. The van der Waals surface area contributed by atoms with Crippen LogP contribution in [0.1, 0.15) is 5.56 Å². The van der Waals surface area contributed by atoms with Gasteiger partial charge in [0.1, 0.15) is 0 Å². The Labute approximate surface area is 112 Å². The Balaban J connectivity index is 0.000000531. The van der Waals surface area contributed by atoms with Crippen molar-refractivity contribution in [3.63, 3.8) is 0 Å². The minimum absolute atomic E-state index is 0.872. The van der Waals surface area contributed by atoms with E-state index >= 15 is 0 Å². The molecule has 0 bridgehead atoms. The summed E-state index contributed by atoms with van der Waals surface area (Å²) in [6.07, 6.45) is 0. The standard InChI is InChI=1S/C11H14NO.HI.Zn/c1-2-4-11(5-3-1)10-12-6-8-13-9-7-12;;/h1-2,4-5H,6-10H2;1H;/q-1;;+2/p-1. The number of morpholine rings is 1. The first kappa shape index (κ1) is 13.6. The van der Waals surface area contributed by atoms with Crippen molar-refractivity contribution < 1.29 is 19.5 Å². The van der Waals surface area contributed by atoms with Crippen LogP contribution >= 0.6 is 19.8 Å². The molecule has 2 nitrogen and oxygen atoms in total. The van der Waals surface area contributed by atoms with Gasteiger partial charge in [-0.1, -0.05) is 0 Å². The Morgan fingerprint density at radius 3 is 2.73 bits per heavy atom. The van der Waals surface area contributed by atoms with E-state index in [1.54, 1.807) is 0 Å². The number of rotatable bonds is 2. The molecule has 0 saturated carbocycles. The second kappa shape index (κ2) is 8.62. The molecule has 0 N–H and O–H groups in total. The molecule has 1 heterocycles. The quantitative estimate of drug-likeness (QED) is 0.451. The van der Waals surface area contributed by atoms with E-state index < -0.39 is 0 Å². The summed E-state index contributed by atoms with van der Waals surface area (Å²) in [5, 5.41) is 0. The van der Waals surface area contributed by atoms with Crippen molar-refractivity contribution in [1.29, 1.82) is 0 Å². The molecule has 4 heteroatoms. The van der Waals surface area contributed by atoms with Crippen LogP contribution in [0.2, 0.25) is 0 Å². The fraction of sp³-hybridized carbons (Fsp3) is 0.455. The summed E-state index contributed by atoms with van der Waals surface area (Å²) in [5.41, 5.74) is 1.34. The van der Waals surface area contributed by atoms with Crippen molar-refractivity contribution in [3.05, 3.63) is 35.9 Å². The van der Waals surface area contributed by atoms with Gasteiger partial charge < -0.3 is 9.64 Å². The molecule has 15 heavy (non-hydrogen) atoms. The van der Waals surface area contributed by atoms with Gasteiger partial charge in [0.15, 0.2) is 0 Å². The van der Waals surface area contributed by atoms with Crippen LogP contribution in [0.5, 0.6) is 0 Å². The molecule has 0 atom stereocenters. The second-order valence-electron chi connectivity index (χ2n) is 3.30. The third-order valence-corrected chi connectivity index (χ3v) is 2.28. The first-order valence-electron chi connectivity index (χ1n) is 4.97. The molecule has 1 aliphatic heterocycles. The van der Waals surface area contributed by atoms with Gasteiger partial charge in [0.2, 0.25) is 0 Å². The maximum absolute atomic E-state index is 5.29. The van der Waals surface area contributed by atoms with Gasteiger partial charge in [-0.2, -0.15) is 30.3 Å². The van der Waals surface area contributed by atoms with Crippen LogP contribution < -0.4 is 0 Å². The maximum Gasteiger partial charge on any atom is 0.0593 e. The molecule has 78 valence electrons. The molecule has 1 aliphatic rings. The van der Waals surface area contributed by atoms with Crippen LogP contribution in [-0.2, 0) is 26.1 Å². The van der Waals surface area contributed by atoms with Gasteiger partial charge in [-0.3, -0.25) is 0 Å². The van der Waals surface area contributed by atoms with Crippen LogP contribution in [0.3, 0.4) is 0 Å². The van der Waals surface area contributed by atoms with Crippen molar-refractivity contribution in [2.45, 2.75) is 6.54 Å². The predicted octanol–water partition coefficient (Wildman–Crippen LogP) is 2.20. The molecule has 0 aliphatic carbocycles. The molecule has 1 aromatic rings. The van der Waals surface area contributed by atoms with E-state index in [-0.39, 0.29) is 0 Å². The fourth-order valence-electron chi connectivity index (χ4n) is 1.55. The van der Waals surface area contributed by atoms with Crippen LogP contribution in [0.4, 0.5) is 0 Å². The Bertz CT molecular complexity index is 252. The Morgan fingerprint density at radius 1 is 1.40 bits per heavy atom. The van der Waals surface area contributed by atoms with Gasteiger partial charge in [-0.25, -0.2) is 0 Å². The van der Waals surface area contributed by atoms with Gasteiger partial charge in [-0.15, -0.1) is 5.56 Å². The first-order valence-corrected chi connectivity index (χ1v) is 14.0. The van der Waals surface area contributed by atoms with Crippen LogP contribution in [-0.4, -0.2) is 31.2 Å². The van der Waals surface area contributed by atoms with Crippen LogP contribution in [0.15, 0.2) is 24.3 Å². The Morgan fingerprint density at radius 2 is 2.13 bits per heavy atom. The summed E-state index contributed by atoms with van der Waals surface area (Å²) in [5.74, 6) is 0. The monoisotopic (exact) mass is 367 g/mol. The van der Waals surface area contributed by atoms with E-state index in [0.29, 0.717) is 0 Å². The van der Waals surface area contributed by atoms with Gasteiger partial charge in [0, 0.05) is 13.1 Å². The largest absolute Gasteiger partial charge is 0.379 e. The summed E-state index contributed by atoms with van der Waals surface area (Å²) in [4.78, 5) is 2.41. The molecule has 1 fully saturated rings. The zero-order chi connectivity index (χ0) is 10.9. The fourth-order valence-corrected chi connectivity index (χ4v) is 1.55. The van der Waals surface area contributed by atoms with E-state index in [4.69, 9.17) is 4.74 Å². The van der Waals surface area contributed by atoms with E-state index in [9.17, 15) is 0 Å². The minimum Gasteiger partial charge on any atom is -0.379 e. The predicted molar refractivity (Wildman–Crippen MR) is 65.4 cm³/mol. The number of hydrogen-bond donors (Lipinski definition) is 0. The molecular weight excluding hydrogens is 354 g/mol. The van der Waals surface area contributed by atoms with E-state index in [1.165, 1.54) is 20.4 Å². The van der Waals surface area contributed by atoms with Crippen molar-refractivity contribution in [2.24, 2.45) is 0 Å². The van der Waals surface area contributed by atoms with Gasteiger partial charge in [0.25, 0.3) is 0 Å². The summed E-state index contributed by atoms with van der Waals surface area (Å²) in [6, 6.07) is 11.3. The summed E-state index contributed by atoms with van der Waals surface area (Å²) in [6.45, 7) is 4.87. The number of nitrogens with zero attached hydrogens (tertiary/aromatic N) is 1. The molecule has 0 radical (unpaired) electrons. The molecule has 1 saturated heterocycles. The molecule has 0 unspecified atom stereocenters. The van der Waals surface area contributed by atoms with Crippen LogP contribution in [0.25, 0.3) is 0 Å². The number of benzene rings is 1. The average Bonchev–Trinajstić information content (AvgIpc) is 2.34. The third kappa shape index (κ3) is 5.39. The number of hydrogen-bond acceptors (Lipinski definition) is 2. The van der Waals surface area contributed by atoms with E-state index in [1.807, 2.05) is 12.1 Å². The zero-order valence-corrected chi connectivity index (χ0v) is 13.9. The summed E-state index contributed by atoms with van der Waals surface area (Å²) in [7, 11) is 0. The molecular formula is C11H14INOZn. The van der Waals surface area contributed by atoms with Crippen molar-refractivity contribution in [1.82, 2.24) is 4.90 Å². The van der Waals surface area contributed by atoms with Gasteiger partial charge in [0.05, 0.1) is 13.2 Å². The molecule has 2 rings (SSSR count). The molecule has 1 aromatic carbocycles. The van der Waals surface area contributed by atoms with Crippen molar-refractivity contribution >= 4 is 19.8 Å². The maximum atomic E-state index is 5.29. The molecule has 0 aromatic heterocycles. The summed E-state index contributed by atoms with van der Waals surface area (Å²) < 4.78 is 5.29. The topological polar surface area (TPSA) is 12.5 Å². The Hall–Kier alpha value is 0.493. The molecule has 0 amide bonds. The van der Waals surface area contributed by atoms with Crippen LogP contribution in [0, 0.1) is 6.07 Å². The first-order chi connectivity index (χ1) is 7.45. The van der Waals surface area contributed by atoms with E-state index in [0.717, 1.165) is 32.8 Å². The minimum atomic E-state index is 0.872. The van der Waals surface area contributed by atoms with E-state index in [2.05, 4.69) is 42.8 Å². The third-order valence-electron chi connectivity index (χ3n) is 2.28.